The zero-order valence-corrected chi connectivity index (χ0v) is 13.8. The minimum absolute atomic E-state index is 0.233. The van der Waals surface area contributed by atoms with Gasteiger partial charge in [0.15, 0.2) is 6.10 Å². The van der Waals surface area contributed by atoms with E-state index in [4.69, 9.17) is 0 Å². The molecular weight excluding hydrogens is 294 g/mol. The quantitative estimate of drug-likeness (QED) is 0.821. The van der Waals surface area contributed by atoms with Crippen LogP contribution in [0.5, 0.6) is 0 Å². The van der Waals surface area contributed by atoms with Gasteiger partial charge in [0.05, 0.1) is 18.2 Å². The van der Waals surface area contributed by atoms with Crippen molar-refractivity contribution in [2.45, 2.75) is 31.4 Å². The number of nitrogens with one attached hydrogen (secondary N) is 1. The van der Waals surface area contributed by atoms with Crippen molar-refractivity contribution in [3.63, 3.8) is 0 Å². The molecule has 2 atom stereocenters. The monoisotopic (exact) mass is 321 g/mol. The van der Waals surface area contributed by atoms with Gasteiger partial charge in [-0.3, -0.25) is 9.69 Å². The van der Waals surface area contributed by atoms with Gasteiger partial charge in [-0.15, -0.1) is 0 Å². The third-order valence-corrected chi connectivity index (χ3v) is 5.12. The molecule has 2 aliphatic rings. The Kier molecular flexibility index (Phi) is 5.30. The fourth-order valence-corrected chi connectivity index (χ4v) is 3.55. The smallest absolute Gasteiger partial charge is 0.257 e. The number of hydrogen-bond acceptors (Lipinski definition) is 5. The summed E-state index contributed by atoms with van der Waals surface area (Å²) < 4.78 is 0. The molecule has 7 heteroatoms. The lowest BCUT2D eigenvalue weighted by Crippen LogP contribution is -2.53. The summed E-state index contributed by atoms with van der Waals surface area (Å²) in [7, 11) is 2.21. The molecule has 0 radical (unpaired) electrons. The Hall–Kier alpha value is -1.44. The topological polar surface area (TPSA) is 75.7 Å². The second-order valence-electron chi connectivity index (χ2n) is 6.67. The molecule has 2 unspecified atom stereocenters. The second kappa shape index (κ2) is 7.42. The summed E-state index contributed by atoms with van der Waals surface area (Å²) in [6.07, 6.45) is 5.74. The number of carbonyl (C=O) groups is 1. The van der Waals surface area contributed by atoms with Crippen molar-refractivity contribution >= 4 is 5.91 Å². The van der Waals surface area contributed by atoms with Crippen LogP contribution in [0.3, 0.4) is 0 Å². The molecule has 0 aliphatic carbocycles. The highest BCUT2D eigenvalue weighted by Gasteiger charge is 2.29. The van der Waals surface area contributed by atoms with E-state index in [2.05, 4.69) is 26.8 Å². The molecule has 2 N–H and O–H groups in total. The van der Waals surface area contributed by atoms with Crippen LogP contribution in [-0.4, -0.2) is 88.0 Å². The Morgan fingerprint density at radius 1 is 1.35 bits per heavy atom. The van der Waals surface area contributed by atoms with E-state index in [1.165, 1.54) is 38.3 Å². The summed E-state index contributed by atoms with van der Waals surface area (Å²) in [4.78, 5) is 25.7. The van der Waals surface area contributed by atoms with Crippen LogP contribution in [0.25, 0.3) is 0 Å². The number of aromatic amines is 1. The summed E-state index contributed by atoms with van der Waals surface area (Å²) in [6, 6.07) is 0.640. The lowest BCUT2D eigenvalue weighted by molar-refractivity contribution is -0.142. The predicted octanol–water partition coefficient (Wildman–Crippen LogP) is 0.0716. The highest BCUT2D eigenvalue weighted by molar-refractivity contribution is 5.81. The molecule has 1 aromatic rings. The maximum Gasteiger partial charge on any atom is 0.257 e. The molecule has 2 aliphatic heterocycles. The van der Waals surface area contributed by atoms with Gasteiger partial charge in [-0.2, -0.15) is 0 Å². The minimum Gasteiger partial charge on any atom is -0.377 e. The molecule has 2 saturated heterocycles. The Morgan fingerprint density at radius 3 is 2.78 bits per heavy atom. The average Bonchev–Trinajstić information content (AvgIpc) is 3.11. The number of H-pyrrole nitrogens is 1. The number of nitrogens with zero attached hydrogens (tertiary/aromatic N) is 4. The van der Waals surface area contributed by atoms with Crippen molar-refractivity contribution in [1.29, 1.82) is 0 Å². The normalized spacial score (nSPS) is 25.5. The number of aliphatic hydroxyl groups excluding tert-OH is 1. The number of imidazole rings is 1. The Balaban J connectivity index is 1.47. The van der Waals surface area contributed by atoms with Crippen molar-refractivity contribution in [3.05, 3.63) is 18.2 Å². The standard InChI is InChI=1S/C16H27N5O2/c1-19-5-3-2-4-13(19)11-20-6-8-21(9-7-20)16(23)15(22)14-10-17-12-18-14/h10,12-13,15,22H,2-9,11H2,1H3,(H,17,18). The van der Waals surface area contributed by atoms with Crippen molar-refractivity contribution in [2.75, 3.05) is 46.3 Å². The zero-order valence-electron chi connectivity index (χ0n) is 13.8. The number of likely N-dealkylation sites (N-methyl/N-ethyl adjacent to an activating group) is 1. The van der Waals surface area contributed by atoms with E-state index in [9.17, 15) is 9.90 Å². The summed E-state index contributed by atoms with van der Waals surface area (Å²) in [6.45, 7) is 5.40. The van der Waals surface area contributed by atoms with Gasteiger partial charge in [-0.25, -0.2) is 4.98 Å². The van der Waals surface area contributed by atoms with Gasteiger partial charge in [0.25, 0.3) is 5.91 Å². The van der Waals surface area contributed by atoms with E-state index < -0.39 is 6.10 Å². The highest BCUT2D eigenvalue weighted by Crippen LogP contribution is 2.18. The van der Waals surface area contributed by atoms with E-state index in [1.807, 2.05) is 0 Å². The van der Waals surface area contributed by atoms with Gasteiger partial charge >= 0.3 is 0 Å². The number of aliphatic hydroxyl groups is 1. The minimum atomic E-state index is -1.13. The first kappa shape index (κ1) is 16.4. The van der Waals surface area contributed by atoms with Gasteiger partial charge in [0.1, 0.15) is 0 Å². The Morgan fingerprint density at radius 2 is 2.13 bits per heavy atom. The molecule has 3 heterocycles. The number of piperidine rings is 1. The van der Waals surface area contributed by atoms with Crippen LogP contribution in [0.4, 0.5) is 0 Å². The first-order chi connectivity index (χ1) is 11.1. The number of hydrogen-bond donors (Lipinski definition) is 2. The number of piperazine rings is 1. The molecule has 0 saturated carbocycles. The molecule has 0 bridgehead atoms. The Bertz CT molecular complexity index is 499. The molecule has 23 heavy (non-hydrogen) atoms. The van der Waals surface area contributed by atoms with E-state index in [1.54, 1.807) is 4.90 Å². The van der Waals surface area contributed by atoms with Crippen LogP contribution in [0, 0.1) is 0 Å². The van der Waals surface area contributed by atoms with Crippen LogP contribution >= 0.6 is 0 Å². The van der Waals surface area contributed by atoms with Crippen LogP contribution in [-0.2, 0) is 4.79 Å². The van der Waals surface area contributed by atoms with Crippen molar-refractivity contribution in [2.24, 2.45) is 0 Å². The van der Waals surface area contributed by atoms with Crippen LogP contribution in [0.1, 0.15) is 31.1 Å². The van der Waals surface area contributed by atoms with E-state index in [0.717, 1.165) is 19.6 Å². The molecule has 3 rings (SSSR count). The fraction of sp³-hybridized carbons (Fsp3) is 0.750. The van der Waals surface area contributed by atoms with E-state index in [-0.39, 0.29) is 5.91 Å². The van der Waals surface area contributed by atoms with Crippen molar-refractivity contribution in [1.82, 2.24) is 24.7 Å². The molecular formula is C16H27N5O2. The molecule has 7 nitrogen and oxygen atoms in total. The zero-order chi connectivity index (χ0) is 16.2. The summed E-state index contributed by atoms with van der Waals surface area (Å²) in [5.74, 6) is -0.233. The van der Waals surface area contributed by atoms with Gasteiger partial charge in [-0.05, 0) is 26.4 Å². The van der Waals surface area contributed by atoms with Crippen LogP contribution in [0.15, 0.2) is 12.5 Å². The molecule has 0 aromatic carbocycles. The number of aromatic nitrogens is 2. The lowest BCUT2D eigenvalue weighted by atomic mass is 10.0. The molecule has 128 valence electrons. The van der Waals surface area contributed by atoms with Crippen molar-refractivity contribution < 1.29 is 9.90 Å². The van der Waals surface area contributed by atoms with Crippen LogP contribution < -0.4 is 0 Å². The van der Waals surface area contributed by atoms with Gasteiger partial charge in [0.2, 0.25) is 0 Å². The summed E-state index contributed by atoms with van der Waals surface area (Å²) >= 11 is 0. The fourth-order valence-electron chi connectivity index (χ4n) is 3.55. The molecule has 1 aromatic heterocycles. The summed E-state index contributed by atoms with van der Waals surface area (Å²) in [5, 5.41) is 10.1. The first-order valence-corrected chi connectivity index (χ1v) is 8.53. The predicted molar refractivity (Wildman–Crippen MR) is 86.8 cm³/mol. The largest absolute Gasteiger partial charge is 0.377 e. The molecule has 2 fully saturated rings. The van der Waals surface area contributed by atoms with Gasteiger partial charge in [-0.1, -0.05) is 6.42 Å². The third kappa shape index (κ3) is 3.91. The second-order valence-corrected chi connectivity index (χ2v) is 6.67. The van der Waals surface area contributed by atoms with Crippen molar-refractivity contribution in [3.8, 4) is 0 Å². The third-order valence-electron chi connectivity index (χ3n) is 5.12. The molecule has 1 amide bonds. The Labute approximate surface area is 137 Å². The maximum atomic E-state index is 12.3. The van der Waals surface area contributed by atoms with Gasteiger partial charge in [0, 0.05) is 38.8 Å². The summed E-state index contributed by atoms with van der Waals surface area (Å²) in [5.41, 5.74) is 0.460. The number of rotatable bonds is 4. The first-order valence-electron chi connectivity index (χ1n) is 8.53. The molecule has 0 spiro atoms. The van der Waals surface area contributed by atoms with Gasteiger partial charge < -0.3 is 19.9 Å². The maximum absolute atomic E-state index is 12.3. The lowest BCUT2D eigenvalue weighted by Gasteiger charge is -2.40. The highest BCUT2D eigenvalue weighted by atomic mass is 16.3. The van der Waals surface area contributed by atoms with Crippen LogP contribution in [0.2, 0.25) is 0 Å². The van der Waals surface area contributed by atoms with E-state index in [0.29, 0.717) is 24.8 Å². The van der Waals surface area contributed by atoms with E-state index >= 15 is 0 Å². The average molecular weight is 321 g/mol. The number of amides is 1. The SMILES string of the molecule is CN1CCCCC1CN1CCN(C(=O)C(O)c2cnc[nH]2)CC1. The number of likely N-dealkylation sites (tertiary alicyclic amines) is 1. The number of carbonyl (C=O) groups excluding carboxylic acids is 1.